The van der Waals surface area contributed by atoms with Crippen LogP contribution in [0, 0.1) is 0 Å². The smallest absolute Gasteiger partial charge is 0.276 e. The fourth-order valence-corrected chi connectivity index (χ4v) is 3.20. The van der Waals surface area contributed by atoms with Gasteiger partial charge in [-0.3, -0.25) is 9.59 Å². The standard InChI is InChI=1S/C24H26N4O2/c1-3-27(4-2)21-14-12-19(13-15-21)17-25-26-23(29)22-11-8-16-28(24(22)30)18-20-9-6-5-7-10-20/h5-17H,3-4,18H2,1-2H3,(H,26,29)/b25-17-. The van der Waals surface area contributed by atoms with Crippen molar-refractivity contribution in [3.05, 3.63) is 100.0 Å². The van der Waals surface area contributed by atoms with Crippen molar-refractivity contribution in [1.29, 1.82) is 0 Å². The molecule has 0 aliphatic carbocycles. The summed E-state index contributed by atoms with van der Waals surface area (Å²) in [4.78, 5) is 27.3. The first-order valence-electron chi connectivity index (χ1n) is 10.0. The minimum absolute atomic E-state index is 0.0578. The quantitative estimate of drug-likeness (QED) is 0.463. The fraction of sp³-hybridized carbons (Fsp3) is 0.208. The van der Waals surface area contributed by atoms with Gasteiger partial charge in [0.05, 0.1) is 12.8 Å². The zero-order valence-corrected chi connectivity index (χ0v) is 17.3. The topological polar surface area (TPSA) is 66.7 Å². The number of carbonyl (C=O) groups is 1. The van der Waals surface area contributed by atoms with Gasteiger partial charge in [-0.2, -0.15) is 5.10 Å². The Morgan fingerprint density at radius 2 is 1.70 bits per heavy atom. The molecule has 0 aliphatic heterocycles. The van der Waals surface area contributed by atoms with Crippen LogP contribution in [0.1, 0.15) is 35.3 Å². The Labute approximate surface area is 176 Å². The Hall–Kier alpha value is -3.67. The van der Waals surface area contributed by atoms with Crippen LogP contribution < -0.4 is 15.9 Å². The van der Waals surface area contributed by atoms with Gasteiger partial charge < -0.3 is 9.47 Å². The first kappa shape index (κ1) is 21.0. The first-order valence-corrected chi connectivity index (χ1v) is 10.0. The van der Waals surface area contributed by atoms with Gasteiger partial charge in [0.15, 0.2) is 0 Å². The molecule has 0 spiro atoms. The summed E-state index contributed by atoms with van der Waals surface area (Å²) in [5.74, 6) is -0.529. The third-order valence-electron chi connectivity index (χ3n) is 4.86. The molecule has 3 aromatic rings. The SMILES string of the molecule is CCN(CC)c1ccc(/C=N\NC(=O)c2cccn(Cc3ccccc3)c2=O)cc1. The summed E-state index contributed by atoms with van der Waals surface area (Å²) in [7, 11) is 0. The lowest BCUT2D eigenvalue weighted by Gasteiger charge is -2.20. The van der Waals surface area contributed by atoms with E-state index in [1.165, 1.54) is 10.6 Å². The lowest BCUT2D eigenvalue weighted by atomic mass is 10.2. The second-order valence-electron chi connectivity index (χ2n) is 6.80. The van der Waals surface area contributed by atoms with E-state index in [0.29, 0.717) is 6.54 Å². The van der Waals surface area contributed by atoms with Gasteiger partial charge in [-0.1, -0.05) is 42.5 Å². The summed E-state index contributed by atoms with van der Waals surface area (Å²) < 4.78 is 1.51. The van der Waals surface area contributed by atoms with E-state index in [9.17, 15) is 9.59 Å². The Morgan fingerprint density at radius 1 is 1.00 bits per heavy atom. The maximum Gasteiger partial charge on any atom is 0.276 e. The summed E-state index contributed by atoms with van der Waals surface area (Å²) >= 11 is 0. The largest absolute Gasteiger partial charge is 0.372 e. The zero-order chi connectivity index (χ0) is 21.3. The minimum atomic E-state index is -0.529. The molecule has 0 radical (unpaired) electrons. The Bertz CT molecular complexity index is 1050. The van der Waals surface area contributed by atoms with Crippen molar-refractivity contribution in [1.82, 2.24) is 9.99 Å². The summed E-state index contributed by atoms with van der Waals surface area (Å²) in [6, 6.07) is 20.8. The predicted octanol–water partition coefficient (Wildman–Crippen LogP) is 3.51. The van der Waals surface area contributed by atoms with Crippen LogP contribution in [-0.2, 0) is 6.54 Å². The molecule has 0 saturated carbocycles. The number of amides is 1. The van der Waals surface area contributed by atoms with Crippen LogP contribution in [0.3, 0.4) is 0 Å². The van der Waals surface area contributed by atoms with Gasteiger partial charge >= 0.3 is 0 Å². The average molecular weight is 402 g/mol. The summed E-state index contributed by atoms with van der Waals surface area (Å²) in [5.41, 5.74) is 5.15. The van der Waals surface area contributed by atoms with Gasteiger partial charge in [0.2, 0.25) is 0 Å². The molecule has 0 bridgehead atoms. The lowest BCUT2D eigenvalue weighted by Crippen LogP contribution is -2.30. The van der Waals surface area contributed by atoms with Crippen LogP contribution in [0.2, 0.25) is 0 Å². The molecule has 1 aromatic heterocycles. The van der Waals surface area contributed by atoms with Crippen molar-refractivity contribution in [3.63, 3.8) is 0 Å². The van der Waals surface area contributed by atoms with E-state index in [1.54, 1.807) is 18.5 Å². The molecule has 6 nitrogen and oxygen atoms in total. The van der Waals surface area contributed by atoms with Gasteiger partial charge in [-0.25, -0.2) is 5.43 Å². The Kier molecular flexibility index (Phi) is 7.16. The second kappa shape index (κ2) is 10.2. The van der Waals surface area contributed by atoms with Gasteiger partial charge in [0.1, 0.15) is 5.56 Å². The molecule has 0 atom stereocenters. The molecule has 1 heterocycles. The summed E-state index contributed by atoms with van der Waals surface area (Å²) in [6.45, 7) is 6.53. The number of nitrogens with one attached hydrogen (secondary N) is 1. The Balaban J connectivity index is 1.66. The molecule has 154 valence electrons. The molecule has 2 aromatic carbocycles. The number of benzene rings is 2. The molecular weight excluding hydrogens is 376 g/mol. The number of nitrogens with zero attached hydrogens (tertiary/aromatic N) is 3. The van der Waals surface area contributed by atoms with Crippen molar-refractivity contribution in [2.45, 2.75) is 20.4 Å². The van der Waals surface area contributed by atoms with Gasteiger partial charge in [0, 0.05) is 25.0 Å². The number of aromatic nitrogens is 1. The third kappa shape index (κ3) is 5.23. The van der Waals surface area contributed by atoms with Gasteiger partial charge in [-0.15, -0.1) is 0 Å². The molecule has 6 heteroatoms. The van der Waals surface area contributed by atoms with E-state index in [4.69, 9.17) is 0 Å². The molecular formula is C24H26N4O2. The van der Waals surface area contributed by atoms with E-state index in [2.05, 4.69) is 29.3 Å². The third-order valence-corrected chi connectivity index (χ3v) is 4.86. The van der Waals surface area contributed by atoms with Crippen molar-refractivity contribution in [3.8, 4) is 0 Å². The molecule has 3 rings (SSSR count). The Morgan fingerprint density at radius 3 is 2.37 bits per heavy atom. The van der Waals surface area contributed by atoms with E-state index >= 15 is 0 Å². The van der Waals surface area contributed by atoms with Crippen LogP contribution in [0.5, 0.6) is 0 Å². The molecule has 0 fully saturated rings. The number of carbonyl (C=O) groups excluding carboxylic acids is 1. The van der Waals surface area contributed by atoms with Crippen LogP contribution in [-0.4, -0.2) is 29.8 Å². The highest BCUT2D eigenvalue weighted by Gasteiger charge is 2.11. The van der Waals surface area contributed by atoms with Crippen LogP contribution in [0.25, 0.3) is 0 Å². The molecule has 0 saturated heterocycles. The van der Waals surface area contributed by atoms with E-state index < -0.39 is 5.91 Å². The maximum absolute atomic E-state index is 12.7. The highest BCUT2D eigenvalue weighted by atomic mass is 16.2. The molecule has 0 aliphatic rings. The zero-order valence-electron chi connectivity index (χ0n) is 17.3. The fourth-order valence-electron chi connectivity index (χ4n) is 3.20. The van der Waals surface area contributed by atoms with E-state index in [-0.39, 0.29) is 11.1 Å². The second-order valence-corrected chi connectivity index (χ2v) is 6.80. The van der Waals surface area contributed by atoms with Gasteiger partial charge in [0.25, 0.3) is 11.5 Å². The highest BCUT2D eigenvalue weighted by Crippen LogP contribution is 2.14. The van der Waals surface area contributed by atoms with Crippen LogP contribution in [0.15, 0.2) is 82.8 Å². The normalized spacial score (nSPS) is 10.9. The number of hydrogen-bond donors (Lipinski definition) is 1. The molecule has 0 unspecified atom stereocenters. The maximum atomic E-state index is 12.7. The first-order chi connectivity index (χ1) is 14.6. The highest BCUT2D eigenvalue weighted by molar-refractivity contribution is 5.94. The molecule has 1 amide bonds. The number of hydrogen-bond acceptors (Lipinski definition) is 4. The number of pyridine rings is 1. The number of hydrazone groups is 1. The van der Waals surface area contributed by atoms with Crippen molar-refractivity contribution in [2.24, 2.45) is 5.10 Å². The number of rotatable bonds is 8. The van der Waals surface area contributed by atoms with Crippen molar-refractivity contribution >= 4 is 17.8 Å². The van der Waals surface area contributed by atoms with Crippen LogP contribution >= 0.6 is 0 Å². The monoisotopic (exact) mass is 402 g/mol. The summed E-state index contributed by atoms with van der Waals surface area (Å²) in [5, 5.41) is 4.00. The number of anilines is 1. The van der Waals surface area contributed by atoms with E-state index in [0.717, 1.165) is 29.9 Å². The average Bonchev–Trinajstić information content (AvgIpc) is 2.78. The summed E-state index contributed by atoms with van der Waals surface area (Å²) in [6.07, 6.45) is 3.24. The lowest BCUT2D eigenvalue weighted by molar-refractivity contribution is 0.0953. The van der Waals surface area contributed by atoms with Crippen molar-refractivity contribution < 1.29 is 4.79 Å². The van der Waals surface area contributed by atoms with Gasteiger partial charge in [-0.05, 0) is 49.2 Å². The molecule has 1 N–H and O–H groups in total. The predicted molar refractivity (Wildman–Crippen MR) is 121 cm³/mol. The van der Waals surface area contributed by atoms with Crippen molar-refractivity contribution in [2.75, 3.05) is 18.0 Å². The van der Waals surface area contributed by atoms with Crippen LogP contribution in [0.4, 0.5) is 5.69 Å². The molecule has 30 heavy (non-hydrogen) atoms. The minimum Gasteiger partial charge on any atom is -0.372 e. The van der Waals surface area contributed by atoms with E-state index in [1.807, 2.05) is 54.6 Å².